The van der Waals surface area contributed by atoms with Gasteiger partial charge in [-0.2, -0.15) is 4.52 Å². The van der Waals surface area contributed by atoms with Gasteiger partial charge in [0.25, 0.3) is 5.91 Å². The van der Waals surface area contributed by atoms with Crippen molar-refractivity contribution in [2.75, 3.05) is 31.1 Å². The largest absolute Gasteiger partial charge is 0.459 e. The van der Waals surface area contributed by atoms with Crippen LogP contribution in [0, 0.1) is 20.8 Å². The van der Waals surface area contributed by atoms with Gasteiger partial charge < -0.3 is 14.2 Å². The molecule has 0 N–H and O–H groups in total. The molecule has 0 spiro atoms. The minimum absolute atomic E-state index is 0.0701. The summed E-state index contributed by atoms with van der Waals surface area (Å²) in [5.74, 6) is 1.83. The van der Waals surface area contributed by atoms with E-state index in [0.29, 0.717) is 31.9 Å². The van der Waals surface area contributed by atoms with E-state index in [1.807, 2.05) is 16.3 Å². The molecule has 0 atom stereocenters. The highest BCUT2D eigenvalue weighted by atomic mass is 32.1. The predicted octanol–water partition coefficient (Wildman–Crippen LogP) is 2.82. The Hall–Kier alpha value is -2.94. The summed E-state index contributed by atoms with van der Waals surface area (Å²) in [4.78, 5) is 28.3. The number of rotatable bonds is 2. The van der Waals surface area contributed by atoms with E-state index in [2.05, 4.69) is 28.8 Å². The van der Waals surface area contributed by atoms with Crippen molar-refractivity contribution in [3.8, 4) is 0 Å². The van der Waals surface area contributed by atoms with Gasteiger partial charge in [0, 0.05) is 31.1 Å². The molecule has 4 aromatic heterocycles. The van der Waals surface area contributed by atoms with Crippen molar-refractivity contribution in [3.05, 3.63) is 40.4 Å². The van der Waals surface area contributed by atoms with Crippen molar-refractivity contribution in [2.45, 2.75) is 20.8 Å². The highest BCUT2D eigenvalue weighted by Crippen LogP contribution is 2.33. The van der Waals surface area contributed by atoms with E-state index in [0.717, 1.165) is 27.6 Å². The number of carbonyl (C=O) groups excluding carboxylic acids is 1. The van der Waals surface area contributed by atoms with Gasteiger partial charge >= 0.3 is 0 Å². The number of aryl methyl sites for hydroxylation is 3. The molecule has 8 nitrogen and oxygen atoms in total. The fourth-order valence-electron chi connectivity index (χ4n) is 3.68. The Kier molecular flexibility index (Phi) is 3.87. The number of thiophene rings is 1. The number of aromatic nitrogens is 4. The van der Waals surface area contributed by atoms with Gasteiger partial charge in [0.05, 0.1) is 11.6 Å². The summed E-state index contributed by atoms with van der Waals surface area (Å²) in [5.41, 5.74) is 2.07. The number of nitrogens with zero attached hydrogens (tertiary/aromatic N) is 6. The van der Waals surface area contributed by atoms with Crippen molar-refractivity contribution < 1.29 is 9.21 Å². The lowest BCUT2D eigenvalue weighted by Crippen LogP contribution is -2.49. The highest BCUT2D eigenvalue weighted by Gasteiger charge is 2.27. The molecule has 0 radical (unpaired) electrons. The molecule has 0 bridgehead atoms. The van der Waals surface area contributed by atoms with Gasteiger partial charge in [-0.3, -0.25) is 4.79 Å². The van der Waals surface area contributed by atoms with E-state index < -0.39 is 0 Å². The molecule has 1 fully saturated rings. The van der Waals surface area contributed by atoms with E-state index >= 15 is 0 Å². The Labute approximate surface area is 165 Å². The van der Waals surface area contributed by atoms with Crippen LogP contribution in [0.5, 0.6) is 0 Å². The van der Waals surface area contributed by atoms with Crippen molar-refractivity contribution >= 4 is 39.1 Å². The zero-order valence-electron chi connectivity index (χ0n) is 16.0. The third-order valence-electron chi connectivity index (χ3n) is 5.28. The molecule has 144 valence electrons. The molecule has 0 aliphatic carbocycles. The predicted molar refractivity (Wildman–Crippen MR) is 107 cm³/mol. The fourth-order valence-corrected chi connectivity index (χ4v) is 4.69. The van der Waals surface area contributed by atoms with Crippen LogP contribution in [0.25, 0.3) is 15.9 Å². The number of hydrogen-bond acceptors (Lipinski definition) is 7. The van der Waals surface area contributed by atoms with Gasteiger partial charge in [0.1, 0.15) is 10.7 Å². The van der Waals surface area contributed by atoms with Crippen molar-refractivity contribution in [2.24, 2.45) is 0 Å². The molecule has 0 saturated carbocycles. The molecule has 9 heteroatoms. The summed E-state index contributed by atoms with van der Waals surface area (Å²) in [6.07, 6.45) is 1.53. The molecule has 5 rings (SSSR count). The number of carbonyl (C=O) groups is 1. The zero-order chi connectivity index (χ0) is 19.4. The van der Waals surface area contributed by atoms with E-state index in [4.69, 9.17) is 9.40 Å². The molecule has 0 aromatic carbocycles. The number of piperazine rings is 1. The van der Waals surface area contributed by atoms with Crippen LogP contribution in [-0.2, 0) is 0 Å². The van der Waals surface area contributed by atoms with Crippen LogP contribution in [0.4, 0.5) is 5.95 Å². The molecule has 1 saturated heterocycles. The average molecular weight is 396 g/mol. The zero-order valence-corrected chi connectivity index (χ0v) is 16.8. The summed E-state index contributed by atoms with van der Waals surface area (Å²) >= 11 is 1.69. The maximum atomic E-state index is 12.5. The maximum Gasteiger partial charge on any atom is 0.289 e. The van der Waals surface area contributed by atoms with Crippen LogP contribution in [0.2, 0.25) is 0 Å². The fraction of sp³-hybridized carbons (Fsp3) is 0.368. The van der Waals surface area contributed by atoms with E-state index in [1.165, 1.54) is 16.7 Å². The number of furan rings is 1. The molecule has 5 heterocycles. The second kappa shape index (κ2) is 6.30. The van der Waals surface area contributed by atoms with Gasteiger partial charge in [-0.25, -0.2) is 9.97 Å². The molecular formula is C19H20N6O2S. The molecule has 1 amide bonds. The Morgan fingerprint density at radius 1 is 1.14 bits per heavy atom. The van der Waals surface area contributed by atoms with Crippen LogP contribution in [-0.4, -0.2) is 56.6 Å². The second-order valence-corrected chi connectivity index (χ2v) is 8.23. The summed E-state index contributed by atoms with van der Waals surface area (Å²) in [5, 5.41) is 5.68. The molecule has 4 aromatic rings. The molecule has 28 heavy (non-hydrogen) atoms. The smallest absolute Gasteiger partial charge is 0.289 e. The standard InChI is InChI=1S/C19H20N6O2S/c1-11-12(2)28-17-15(11)16-20-13(3)22-25(16)19(21-17)24-8-6-23(7-9-24)18(26)14-5-4-10-27-14/h4-5,10H,6-9H2,1-3H3. The van der Waals surface area contributed by atoms with E-state index in [9.17, 15) is 4.79 Å². The number of anilines is 1. The molecule has 1 aliphatic rings. The average Bonchev–Trinajstić information content (AvgIpc) is 3.41. The van der Waals surface area contributed by atoms with Gasteiger partial charge in [-0.15, -0.1) is 16.4 Å². The molecule has 0 unspecified atom stereocenters. The van der Waals surface area contributed by atoms with Gasteiger partial charge in [-0.1, -0.05) is 0 Å². The van der Waals surface area contributed by atoms with Crippen LogP contribution in [0.3, 0.4) is 0 Å². The summed E-state index contributed by atoms with van der Waals surface area (Å²) in [7, 11) is 0. The Morgan fingerprint density at radius 2 is 1.93 bits per heavy atom. The van der Waals surface area contributed by atoms with Crippen molar-refractivity contribution in [1.29, 1.82) is 0 Å². The lowest BCUT2D eigenvalue weighted by Gasteiger charge is -2.34. The Morgan fingerprint density at radius 3 is 2.64 bits per heavy atom. The van der Waals surface area contributed by atoms with Gasteiger partial charge in [-0.05, 0) is 38.5 Å². The minimum atomic E-state index is -0.0701. The van der Waals surface area contributed by atoms with E-state index in [1.54, 1.807) is 23.5 Å². The first kappa shape index (κ1) is 17.2. The molecule has 1 aliphatic heterocycles. The number of hydrogen-bond donors (Lipinski definition) is 0. The van der Waals surface area contributed by atoms with Crippen LogP contribution in [0.15, 0.2) is 22.8 Å². The van der Waals surface area contributed by atoms with Gasteiger partial charge in [0.15, 0.2) is 11.4 Å². The van der Waals surface area contributed by atoms with Crippen LogP contribution < -0.4 is 4.90 Å². The Balaban J connectivity index is 1.49. The van der Waals surface area contributed by atoms with Crippen molar-refractivity contribution in [1.82, 2.24) is 24.5 Å². The highest BCUT2D eigenvalue weighted by molar-refractivity contribution is 7.18. The van der Waals surface area contributed by atoms with Crippen LogP contribution >= 0.6 is 11.3 Å². The van der Waals surface area contributed by atoms with Crippen molar-refractivity contribution in [3.63, 3.8) is 0 Å². The lowest BCUT2D eigenvalue weighted by molar-refractivity contribution is 0.0714. The SMILES string of the molecule is Cc1nc2c3c(C)c(C)sc3nc(N3CCN(C(=O)c4ccco4)CC3)n2n1. The third-order valence-corrected chi connectivity index (χ3v) is 6.38. The monoisotopic (exact) mass is 396 g/mol. The third kappa shape index (κ3) is 2.57. The number of amides is 1. The first-order chi connectivity index (χ1) is 13.5. The summed E-state index contributed by atoms with van der Waals surface area (Å²) in [6, 6.07) is 3.44. The quantitative estimate of drug-likeness (QED) is 0.518. The topological polar surface area (TPSA) is 79.8 Å². The second-order valence-electron chi connectivity index (χ2n) is 7.03. The summed E-state index contributed by atoms with van der Waals surface area (Å²) < 4.78 is 7.09. The van der Waals surface area contributed by atoms with Gasteiger partial charge in [0.2, 0.25) is 5.95 Å². The van der Waals surface area contributed by atoms with Crippen LogP contribution in [0.1, 0.15) is 26.8 Å². The first-order valence-corrected chi connectivity index (χ1v) is 10.1. The normalized spacial score (nSPS) is 15.1. The number of fused-ring (bicyclic) bond motifs is 3. The first-order valence-electron chi connectivity index (χ1n) is 9.23. The minimum Gasteiger partial charge on any atom is -0.459 e. The van der Waals surface area contributed by atoms with E-state index in [-0.39, 0.29) is 5.91 Å². The molecular weight excluding hydrogens is 376 g/mol. The Bertz CT molecular complexity index is 1180. The lowest BCUT2D eigenvalue weighted by atomic mass is 10.2. The summed E-state index contributed by atoms with van der Waals surface area (Å²) in [6.45, 7) is 8.70. The maximum absolute atomic E-state index is 12.5.